The number of nitro benzene ring substituents is 1. The number of amides is 1. The van der Waals surface area contributed by atoms with E-state index >= 15 is 0 Å². The number of fused-ring (bicyclic) bond motifs is 4. The van der Waals surface area contributed by atoms with E-state index in [-0.39, 0.29) is 23.4 Å². The van der Waals surface area contributed by atoms with Crippen LogP contribution in [0, 0.1) is 16.0 Å². The van der Waals surface area contributed by atoms with E-state index in [2.05, 4.69) is 15.2 Å². The zero-order valence-electron chi connectivity index (χ0n) is 19.6. The number of nitrogens with zero attached hydrogens (tertiary/aromatic N) is 3. The molecule has 4 unspecified atom stereocenters. The van der Waals surface area contributed by atoms with Crippen LogP contribution in [-0.4, -0.2) is 46.2 Å². The smallest absolute Gasteiger partial charge is 0.269 e. The summed E-state index contributed by atoms with van der Waals surface area (Å²) in [7, 11) is 1.57. The van der Waals surface area contributed by atoms with Crippen molar-refractivity contribution in [2.75, 3.05) is 19.0 Å². The fourth-order valence-corrected chi connectivity index (χ4v) is 6.57. The second-order valence-corrected chi connectivity index (χ2v) is 9.50. The number of aromatic nitrogens is 1. The van der Waals surface area contributed by atoms with Crippen LogP contribution >= 0.6 is 0 Å². The number of non-ortho nitro benzene ring substituents is 1. The van der Waals surface area contributed by atoms with Crippen molar-refractivity contribution >= 4 is 23.1 Å². The highest BCUT2D eigenvalue weighted by atomic mass is 16.6. The van der Waals surface area contributed by atoms with E-state index in [1.54, 1.807) is 49.7 Å². The van der Waals surface area contributed by atoms with Gasteiger partial charge in [0, 0.05) is 53.3 Å². The quantitative estimate of drug-likeness (QED) is 0.332. The zero-order valence-corrected chi connectivity index (χ0v) is 19.6. The highest BCUT2D eigenvalue weighted by Gasteiger charge is 2.69. The van der Waals surface area contributed by atoms with Crippen LogP contribution in [0.5, 0.6) is 5.75 Å². The van der Waals surface area contributed by atoms with Crippen molar-refractivity contribution in [1.29, 1.82) is 0 Å². The standard InChI is InChI=1S/C27H24N4O5/c1-36-19-9-10-21-20(14-19)27(26(33)29-21)24(25(32)17-6-3-11-28-15-17)23(22-8-4-12-30(22)27)16-5-2-7-18(13-16)31(34)35/h2-3,5-7,9-11,13-15,22-24H,4,8,12H2,1H3,(H,29,33). The van der Waals surface area contributed by atoms with Gasteiger partial charge < -0.3 is 10.1 Å². The van der Waals surface area contributed by atoms with Crippen molar-refractivity contribution in [3.8, 4) is 5.75 Å². The molecule has 0 saturated carbocycles. The summed E-state index contributed by atoms with van der Waals surface area (Å²) >= 11 is 0. The molecule has 1 N–H and O–H groups in total. The number of hydrogen-bond acceptors (Lipinski definition) is 7. The molecule has 36 heavy (non-hydrogen) atoms. The summed E-state index contributed by atoms with van der Waals surface area (Å²) in [6.07, 6.45) is 4.75. The molecular formula is C27H24N4O5. The second-order valence-electron chi connectivity index (χ2n) is 9.50. The molecule has 4 atom stereocenters. The normalized spacial score (nSPS) is 26.5. The maximum absolute atomic E-state index is 14.3. The lowest BCUT2D eigenvalue weighted by atomic mass is 9.69. The average Bonchev–Trinajstić information content (AvgIpc) is 3.57. The predicted molar refractivity (Wildman–Crippen MR) is 131 cm³/mol. The number of carbonyl (C=O) groups excluding carboxylic acids is 2. The van der Waals surface area contributed by atoms with Gasteiger partial charge in [0.05, 0.1) is 18.0 Å². The lowest BCUT2D eigenvalue weighted by Crippen LogP contribution is -2.52. The van der Waals surface area contributed by atoms with Crippen LogP contribution in [0.25, 0.3) is 0 Å². The van der Waals surface area contributed by atoms with Crippen LogP contribution in [0.15, 0.2) is 67.0 Å². The summed E-state index contributed by atoms with van der Waals surface area (Å²) in [6.45, 7) is 0.636. The van der Waals surface area contributed by atoms with E-state index in [0.29, 0.717) is 34.7 Å². The highest BCUT2D eigenvalue weighted by Crippen LogP contribution is 2.61. The second kappa shape index (κ2) is 8.23. The Balaban J connectivity index is 1.63. The summed E-state index contributed by atoms with van der Waals surface area (Å²) in [6, 6.07) is 15.2. The summed E-state index contributed by atoms with van der Waals surface area (Å²) in [5.74, 6) is -1.12. The molecule has 9 heteroatoms. The number of ketones is 1. The molecule has 0 aliphatic carbocycles. The van der Waals surface area contributed by atoms with E-state index in [1.807, 2.05) is 12.1 Å². The van der Waals surface area contributed by atoms with Crippen LogP contribution in [0.3, 0.4) is 0 Å². The molecule has 3 aromatic rings. The first kappa shape index (κ1) is 22.4. The SMILES string of the molecule is COc1ccc2c(c1)C1(C(=O)N2)C(C(=O)c2cccnc2)C(c2cccc([N+](=O)[O-])c2)C2CCCN21. The molecule has 2 aromatic carbocycles. The monoisotopic (exact) mass is 484 g/mol. The van der Waals surface area contributed by atoms with E-state index in [4.69, 9.17) is 4.74 Å². The van der Waals surface area contributed by atoms with E-state index in [0.717, 1.165) is 12.8 Å². The minimum absolute atomic E-state index is 0.0384. The fraction of sp³-hybridized carbons (Fsp3) is 0.296. The first-order chi connectivity index (χ1) is 17.5. The number of hydrogen-bond donors (Lipinski definition) is 1. The molecule has 2 fully saturated rings. The molecule has 9 nitrogen and oxygen atoms in total. The molecule has 0 radical (unpaired) electrons. The van der Waals surface area contributed by atoms with Crippen LogP contribution in [-0.2, 0) is 10.3 Å². The third kappa shape index (κ3) is 3.02. The van der Waals surface area contributed by atoms with Crippen molar-refractivity contribution in [2.45, 2.75) is 30.3 Å². The van der Waals surface area contributed by atoms with Crippen molar-refractivity contribution in [3.05, 3.63) is 93.8 Å². The number of carbonyl (C=O) groups is 2. The number of anilines is 1. The van der Waals surface area contributed by atoms with Gasteiger partial charge in [0.15, 0.2) is 5.78 Å². The Labute approximate surface area is 207 Å². The van der Waals surface area contributed by atoms with Gasteiger partial charge in [-0.25, -0.2) is 0 Å². The Morgan fingerprint density at radius 1 is 1.22 bits per heavy atom. The number of methoxy groups -OCH3 is 1. The molecule has 0 bridgehead atoms. The molecule has 6 rings (SSSR count). The van der Waals surface area contributed by atoms with E-state index in [1.165, 1.54) is 12.3 Å². The lowest BCUT2D eigenvalue weighted by molar-refractivity contribution is -0.384. The number of Topliss-reactive ketones (excluding diaryl/α,β-unsaturated/α-hetero) is 1. The summed E-state index contributed by atoms with van der Waals surface area (Å²) in [5.41, 5.74) is 1.13. The summed E-state index contributed by atoms with van der Waals surface area (Å²) in [5, 5.41) is 14.6. The maximum Gasteiger partial charge on any atom is 0.269 e. The van der Waals surface area contributed by atoms with Gasteiger partial charge in [0.1, 0.15) is 11.3 Å². The highest BCUT2D eigenvalue weighted by molar-refractivity contribution is 6.12. The number of benzene rings is 2. The number of rotatable bonds is 5. The topological polar surface area (TPSA) is 115 Å². The largest absolute Gasteiger partial charge is 0.497 e. The van der Waals surface area contributed by atoms with Crippen LogP contribution in [0.1, 0.15) is 40.2 Å². The third-order valence-corrected chi connectivity index (χ3v) is 7.90. The van der Waals surface area contributed by atoms with Gasteiger partial charge in [-0.2, -0.15) is 0 Å². The van der Waals surface area contributed by atoms with Crippen LogP contribution in [0.2, 0.25) is 0 Å². The average molecular weight is 485 g/mol. The minimum Gasteiger partial charge on any atom is -0.497 e. The number of nitrogens with one attached hydrogen (secondary N) is 1. The van der Waals surface area contributed by atoms with Gasteiger partial charge in [-0.05, 0) is 55.3 Å². The molecule has 3 aliphatic heterocycles. The van der Waals surface area contributed by atoms with Crippen molar-refractivity contribution in [2.24, 2.45) is 5.92 Å². The molecular weight excluding hydrogens is 460 g/mol. The van der Waals surface area contributed by atoms with Crippen molar-refractivity contribution in [1.82, 2.24) is 9.88 Å². The Bertz CT molecular complexity index is 1390. The van der Waals surface area contributed by atoms with Crippen molar-refractivity contribution < 1.29 is 19.2 Å². The first-order valence-corrected chi connectivity index (χ1v) is 11.9. The van der Waals surface area contributed by atoms with Gasteiger partial charge in [-0.1, -0.05) is 12.1 Å². The van der Waals surface area contributed by atoms with Gasteiger partial charge in [-0.3, -0.25) is 29.6 Å². The maximum atomic E-state index is 14.3. The predicted octanol–water partition coefficient (Wildman–Crippen LogP) is 3.91. The van der Waals surface area contributed by atoms with Crippen LogP contribution < -0.4 is 10.1 Å². The van der Waals surface area contributed by atoms with Gasteiger partial charge in [0.2, 0.25) is 5.91 Å². The number of nitro groups is 1. The molecule has 1 aromatic heterocycles. The summed E-state index contributed by atoms with van der Waals surface area (Å²) in [4.78, 5) is 45.8. The van der Waals surface area contributed by atoms with E-state index in [9.17, 15) is 19.7 Å². The molecule has 2 saturated heterocycles. The molecule has 1 amide bonds. The Morgan fingerprint density at radius 3 is 2.83 bits per heavy atom. The van der Waals surface area contributed by atoms with Gasteiger partial charge in [0.25, 0.3) is 5.69 Å². The summed E-state index contributed by atoms with van der Waals surface area (Å²) < 4.78 is 5.50. The zero-order chi connectivity index (χ0) is 25.0. The molecule has 3 aliphatic rings. The number of ether oxygens (including phenoxy) is 1. The molecule has 4 heterocycles. The lowest BCUT2D eigenvalue weighted by Gasteiger charge is -2.37. The van der Waals surface area contributed by atoms with Crippen molar-refractivity contribution in [3.63, 3.8) is 0 Å². The Kier molecular flexibility index (Phi) is 5.11. The Morgan fingerprint density at radius 2 is 2.08 bits per heavy atom. The number of pyridine rings is 1. The van der Waals surface area contributed by atoms with Crippen LogP contribution in [0.4, 0.5) is 11.4 Å². The first-order valence-electron chi connectivity index (χ1n) is 11.9. The minimum atomic E-state index is -1.27. The molecule has 1 spiro atoms. The fourth-order valence-electron chi connectivity index (χ4n) is 6.57. The van der Waals surface area contributed by atoms with Gasteiger partial charge in [-0.15, -0.1) is 0 Å². The molecule has 182 valence electrons. The third-order valence-electron chi connectivity index (χ3n) is 7.90. The Hall–Kier alpha value is -4.11. The van der Waals surface area contributed by atoms with E-state index < -0.39 is 22.3 Å². The van der Waals surface area contributed by atoms with Gasteiger partial charge >= 0.3 is 0 Å².